The average Bonchev–Trinajstić information content (AvgIpc) is 2.61. The van der Waals surface area contributed by atoms with Gasteiger partial charge in [0, 0.05) is 23.6 Å². The van der Waals surface area contributed by atoms with Gasteiger partial charge >= 0.3 is 0 Å². The Kier molecular flexibility index (Phi) is 2.44. The van der Waals surface area contributed by atoms with Crippen molar-refractivity contribution in [3.8, 4) is 0 Å². The van der Waals surface area contributed by atoms with Gasteiger partial charge in [-0.05, 0) is 50.0 Å². The van der Waals surface area contributed by atoms with E-state index in [1.54, 1.807) is 0 Å². The molecule has 0 unspecified atom stereocenters. The van der Waals surface area contributed by atoms with Crippen LogP contribution in [-0.2, 0) is 6.42 Å². The summed E-state index contributed by atoms with van der Waals surface area (Å²) in [6.45, 7) is 5.99. The van der Waals surface area contributed by atoms with Crippen LogP contribution in [0.25, 0.3) is 10.9 Å². The van der Waals surface area contributed by atoms with Gasteiger partial charge in [0.25, 0.3) is 0 Å². The molecule has 0 saturated carbocycles. The molecule has 3 rings (SSSR count). The SMILES string of the molecule is Cc1cccc2[nH]cc(CCN3CCC3)c12. The lowest BCUT2D eigenvalue weighted by Gasteiger charge is -2.30. The van der Waals surface area contributed by atoms with Gasteiger partial charge in [0.2, 0.25) is 0 Å². The third kappa shape index (κ3) is 1.63. The Morgan fingerprint density at radius 1 is 1.31 bits per heavy atom. The summed E-state index contributed by atoms with van der Waals surface area (Å²) in [7, 11) is 0. The Morgan fingerprint density at radius 2 is 2.19 bits per heavy atom. The Hall–Kier alpha value is -1.28. The van der Waals surface area contributed by atoms with Crippen molar-refractivity contribution in [1.82, 2.24) is 9.88 Å². The molecule has 2 aromatic rings. The van der Waals surface area contributed by atoms with E-state index in [1.165, 1.54) is 54.5 Å². The van der Waals surface area contributed by atoms with Crippen LogP contribution in [0.4, 0.5) is 0 Å². The molecule has 0 aliphatic carbocycles. The van der Waals surface area contributed by atoms with Crippen molar-refractivity contribution in [1.29, 1.82) is 0 Å². The second-order valence-electron chi connectivity index (χ2n) is 4.76. The van der Waals surface area contributed by atoms with E-state index < -0.39 is 0 Å². The van der Waals surface area contributed by atoms with Crippen molar-refractivity contribution in [2.75, 3.05) is 19.6 Å². The topological polar surface area (TPSA) is 19.0 Å². The van der Waals surface area contributed by atoms with Crippen LogP contribution in [0.1, 0.15) is 17.5 Å². The molecule has 16 heavy (non-hydrogen) atoms. The highest BCUT2D eigenvalue weighted by Crippen LogP contribution is 2.22. The molecule has 1 aromatic carbocycles. The first kappa shape index (κ1) is 9.91. The number of benzene rings is 1. The van der Waals surface area contributed by atoms with Crippen molar-refractivity contribution in [3.05, 3.63) is 35.5 Å². The third-order valence-electron chi connectivity index (χ3n) is 3.64. The predicted octanol–water partition coefficient (Wildman–Crippen LogP) is 2.72. The van der Waals surface area contributed by atoms with Gasteiger partial charge < -0.3 is 9.88 Å². The standard InChI is InChI=1S/C14H18N2/c1-11-4-2-5-13-14(11)12(10-15-13)6-9-16-7-3-8-16/h2,4-5,10,15H,3,6-9H2,1H3. The maximum Gasteiger partial charge on any atom is 0.0459 e. The summed E-state index contributed by atoms with van der Waals surface area (Å²) < 4.78 is 0. The molecule has 2 heteroatoms. The van der Waals surface area contributed by atoms with Gasteiger partial charge in [-0.15, -0.1) is 0 Å². The molecule has 1 aromatic heterocycles. The lowest BCUT2D eigenvalue weighted by atomic mass is 10.0. The highest BCUT2D eigenvalue weighted by molar-refractivity contribution is 5.86. The van der Waals surface area contributed by atoms with Crippen molar-refractivity contribution in [2.24, 2.45) is 0 Å². The average molecular weight is 214 g/mol. The van der Waals surface area contributed by atoms with E-state index in [-0.39, 0.29) is 0 Å². The van der Waals surface area contributed by atoms with E-state index in [0.29, 0.717) is 0 Å². The fourth-order valence-electron chi connectivity index (χ4n) is 2.53. The zero-order chi connectivity index (χ0) is 11.0. The second-order valence-corrected chi connectivity index (χ2v) is 4.76. The number of hydrogen-bond donors (Lipinski definition) is 1. The fourth-order valence-corrected chi connectivity index (χ4v) is 2.53. The molecule has 1 saturated heterocycles. The lowest BCUT2D eigenvalue weighted by Crippen LogP contribution is -2.38. The normalized spacial score (nSPS) is 16.6. The minimum Gasteiger partial charge on any atom is -0.361 e. The van der Waals surface area contributed by atoms with Crippen molar-refractivity contribution < 1.29 is 0 Å². The number of likely N-dealkylation sites (tertiary alicyclic amines) is 1. The monoisotopic (exact) mass is 214 g/mol. The van der Waals surface area contributed by atoms with E-state index in [9.17, 15) is 0 Å². The Morgan fingerprint density at radius 3 is 2.94 bits per heavy atom. The van der Waals surface area contributed by atoms with Crippen molar-refractivity contribution >= 4 is 10.9 Å². The molecular weight excluding hydrogens is 196 g/mol. The molecule has 1 fully saturated rings. The van der Waals surface area contributed by atoms with Crippen LogP contribution in [0.3, 0.4) is 0 Å². The molecular formula is C14H18N2. The van der Waals surface area contributed by atoms with Crippen LogP contribution in [0, 0.1) is 6.92 Å². The quantitative estimate of drug-likeness (QED) is 0.832. The minimum absolute atomic E-state index is 1.17. The van der Waals surface area contributed by atoms with Gasteiger partial charge in [-0.1, -0.05) is 12.1 Å². The third-order valence-corrected chi connectivity index (χ3v) is 3.64. The van der Waals surface area contributed by atoms with E-state index in [2.05, 4.69) is 41.2 Å². The largest absolute Gasteiger partial charge is 0.361 e. The van der Waals surface area contributed by atoms with Crippen LogP contribution in [0.5, 0.6) is 0 Å². The van der Waals surface area contributed by atoms with Gasteiger partial charge in [0.1, 0.15) is 0 Å². The smallest absolute Gasteiger partial charge is 0.0459 e. The van der Waals surface area contributed by atoms with Gasteiger partial charge in [-0.2, -0.15) is 0 Å². The van der Waals surface area contributed by atoms with Crippen LogP contribution in [-0.4, -0.2) is 29.5 Å². The van der Waals surface area contributed by atoms with Crippen LogP contribution >= 0.6 is 0 Å². The van der Waals surface area contributed by atoms with Crippen LogP contribution in [0.15, 0.2) is 24.4 Å². The predicted molar refractivity (Wildman–Crippen MR) is 67.8 cm³/mol. The summed E-state index contributed by atoms with van der Waals surface area (Å²) in [6.07, 6.45) is 4.73. The first-order valence-corrected chi connectivity index (χ1v) is 6.12. The van der Waals surface area contributed by atoms with E-state index >= 15 is 0 Å². The number of nitrogens with one attached hydrogen (secondary N) is 1. The summed E-state index contributed by atoms with van der Waals surface area (Å²) in [6, 6.07) is 6.48. The number of fused-ring (bicyclic) bond motifs is 1. The summed E-state index contributed by atoms with van der Waals surface area (Å²) >= 11 is 0. The fraction of sp³-hybridized carbons (Fsp3) is 0.429. The number of hydrogen-bond acceptors (Lipinski definition) is 1. The highest BCUT2D eigenvalue weighted by atomic mass is 15.2. The van der Waals surface area contributed by atoms with Crippen LogP contribution in [0.2, 0.25) is 0 Å². The molecule has 0 bridgehead atoms. The first-order chi connectivity index (χ1) is 7.84. The Bertz CT molecular complexity index is 494. The molecule has 2 heterocycles. The molecule has 0 radical (unpaired) electrons. The van der Waals surface area contributed by atoms with E-state index in [1.807, 2.05) is 0 Å². The van der Waals surface area contributed by atoms with Crippen molar-refractivity contribution in [3.63, 3.8) is 0 Å². The summed E-state index contributed by atoms with van der Waals surface area (Å²) in [5.74, 6) is 0. The number of H-pyrrole nitrogens is 1. The zero-order valence-electron chi connectivity index (χ0n) is 9.79. The molecule has 1 aliphatic heterocycles. The lowest BCUT2D eigenvalue weighted by molar-refractivity contribution is 0.184. The molecule has 0 atom stereocenters. The molecule has 2 nitrogen and oxygen atoms in total. The molecule has 1 N–H and O–H groups in total. The molecule has 0 amide bonds. The summed E-state index contributed by atoms with van der Waals surface area (Å²) in [4.78, 5) is 5.90. The maximum absolute atomic E-state index is 3.37. The zero-order valence-corrected chi connectivity index (χ0v) is 9.79. The minimum atomic E-state index is 1.17. The number of nitrogens with zero attached hydrogens (tertiary/aromatic N) is 1. The number of rotatable bonds is 3. The van der Waals surface area contributed by atoms with E-state index in [0.717, 1.165) is 0 Å². The Balaban J connectivity index is 1.85. The van der Waals surface area contributed by atoms with E-state index in [4.69, 9.17) is 0 Å². The number of aryl methyl sites for hydroxylation is 1. The molecule has 84 valence electrons. The highest BCUT2D eigenvalue weighted by Gasteiger charge is 2.14. The van der Waals surface area contributed by atoms with Gasteiger partial charge in [-0.25, -0.2) is 0 Å². The van der Waals surface area contributed by atoms with Crippen LogP contribution < -0.4 is 0 Å². The van der Waals surface area contributed by atoms with Gasteiger partial charge in [-0.3, -0.25) is 0 Å². The van der Waals surface area contributed by atoms with Gasteiger partial charge in [0.15, 0.2) is 0 Å². The number of aromatic amines is 1. The molecule has 1 aliphatic rings. The number of aromatic nitrogens is 1. The molecule has 0 spiro atoms. The van der Waals surface area contributed by atoms with Gasteiger partial charge in [0.05, 0.1) is 0 Å². The first-order valence-electron chi connectivity index (χ1n) is 6.12. The summed E-state index contributed by atoms with van der Waals surface area (Å²) in [5.41, 5.74) is 4.14. The maximum atomic E-state index is 3.37. The second kappa shape index (κ2) is 3.95. The van der Waals surface area contributed by atoms with Crippen molar-refractivity contribution in [2.45, 2.75) is 19.8 Å². The summed E-state index contributed by atoms with van der Waals surface area (Å²) in [5, 5.41) is 1.43. The Labute approximate surface area is 96.3 Å².